The van der Waals surface area contributed by atoms with Crippen molar-refractivity contribution < 1.29 is 35.8 Å². The third-order valence-corrected chi connectivity index (χ3v) is 1.94. The van der Waals surface area contributed by atoms with Gasteiger partial charge in [0, 0.05) is 5.56 Å². The van der Waals surface area contributed by atoms with E-state index in [-0.39, 0.29) is 0 Å². The number of halogens is 6. The zero-order chi connectivity index (χ0) is 14.1. The molecular weight excluding hydrogens is 268 g/mol. The summed E-state index contributed by atoms with van der Waals surface area (Å²) in [5.74, 6) is -1.58. The van der Waals surface area contributed by atoms with E-state index in [2.05, 4.69) is 14.5 Å². The van der Waals surface area contributed by atoms with Crippen molar-refractivity contribution in [2.24, 2.45) is 0 Å². The number of ether oxygens (including phenoxy) is 2. The van der Waals surface area contributed by atoms with Crippen molar-refractivity contribution in [3.05, 3.63) is 17.5 Å². The second-order valence-electron chi connectivity index (χ2n) is 3.17. The summed E-state index contributed by atoms with van der Waals surface area (Å²) in [6.07, 6.45) is -9.47. The van der Waals surface area contributed by atoms with Crippen LogP contribution in [0.25, 0.3) is 0 Å². The number of rotatable bonds is 2. The molecule has 0 saturated carbocycles. The van der Waals surface area contributed by atoms with Gasteiger partial charge in [0.1, 0.15) is 0 Å². The van der Waals surface area contributed by atoms with Crippen LogP contribution in [-0.4, -0.2) is 18.5 Å². The molecule has 9 heteroatoms. The van der Waals surface area contributed by atoms with Crippen molar-refractivity contribution in [1.29, 1.82) is 0 Å². The van der Waals surface area contributed by atoms with Gasteiger partial charge in [-0.05, 0) is 6.92 Å². The first-order valence-corrected chi connectivity index (χ1v) is 4.42. The SMILES string of the molecule is COc1cnc(C(F)(F)F)c(C)c1OC(F)(F)F. The summed E-state index contributed by atoms with van der Waals surface area (Å²) >= 11 is 0. The van der Waals surface area contributed by atoms with Crippen LogP contribution >= 0.6 is 0 Å². The molecule has 0 atom stereocenters. The summed E-state index contributed by atoms with van der Waals surface area (Å²) in [6.45, 7) is 0.819. The molecule has 0 N–H and O–H groups in total. The van der Waals surface area contributed by atoms with Crippen LogP contribution in [0.3, 0.4) is 0 Å². The molecule has 102 valence electrons. The summed E-state index contributed by atoms with van der Waals surface area (Å²) in [6, 6.07) is 0. The lowest BCUT2D eigenvalue weighted by atomic mass is 10.2. The van der Waals surface area contributed by atoms with Gasteiger partial charge >= 0.3 is 12.5 Å². The fraction of sp³-hybridized carbons (Fsp3) is 0.444. The number of alkyl halides is 6. The Morgan fingerprint density at radius 1 is 1.11 bits per heavy atom. The van der Waals surface area contributed by atoms with Gasteiger partial charge < -0.3 is 9.47 Å². The molecule has 0 aliphatic carbocycles. The molecular formula is C9H7F6NO2. The minimum atomic E-state index is -5.12. The fourth-order valence-electron chi connectivity index (χ4n) is 1.24. The third kappa shape index (κ3) is 3.17. The second-order valence-corrected chi connectivity index (χ2v) is 3.17. The molecule has 0 unspecified atom stereocenters. The lowest BCUT2D eigenvalue weighted by Crippen LogP contribution is -2.20. The molecule has 3 nitrogen and oxygen atoms in total. The highest BCUT2D eigenvalue weighted by Gasteiger charge is 2.39. The first kappa shape index (κ1) is 14.4. The van der Waals surface area contributed by atoms with Crippen LogP contribution in [0.15, 0.2) is 6.20 Å². The van der Waals surface area contributed by atoms with Gasteiger partial charge in [0.05, 0.1) is 13.3 Å². The Hall–Kier alpha value is -1.67. The Kier molecular flexibility index (Phi) is 3.63. The first-order valence-electron chi connectivity index (χ1n) is 4.42. The summed E-state index contributed by atoms with van der Waals surface area (Å²) in [5, 5.41) is 0. The fourth-order valence-corrected chi connectivity index (χ4v) is 1.24. The van der Waals surface area contributed by atoms with E-state index in [9.17, 15) is 26.3 Å². The van der Waals surface area contributed by atoms with Crippen LogP contribution in [0.4, 0.5) is 26.3 Å². The molecule has 1 heterocycles. The minimum Gasteiger partial charge on any atom is -0.491 e. The topological polar surface area (TPSA) is 31.4 Å². The highest BCUT2D eigenvalue weighted by Crippen LogP contribution is 2.40. The van der Waals surface area contributed by atoms with Gasteiger partial charge in [-0.1, -0.05) is 0 Å². The van der Waals surface area contributed by atoms with E-state index in [1.54, 1.807) is 0 Å². The quantitative estimate of drug-likeness (QED) is 0.776. The zero-order valence-corrected chi connectivity index (χ0v) is 9.11. The number of hydrogen-bond donors (Lipinski definition) is 0. The highest BCUT2D eigenvalue weighted by molar-refractivity contribution is 5.47. The van der Waals surface area contributed by atoms with E-state index >= 15 is 0 Å². The van der Waals surface area contributed by atoms with E-state index in [0.29, 0.717) is 6.20 Å². The predicted molar refractivity (Wildman–Crippen MR) is 47.2 cm³/mol. The van der Waals surface area contributed by atoms with Crippen LogP contribution in [0, 0.1) is 6.92 Å². The highest BCUT2D eigenvalue weighted by atomic mass is 19.4. The Morgan fingerprint density at radius 2 is 1.67 bits per heavy atom. The van der Waals surface area contributed by atoms with E-state index in [0.717, 1.165) is 14.0 Å². The number of methoxy groups -OCH3 is 1. The van der Waals surface area contributed by atoms with Crippen molar-refractivity contribution in [2.45, 2.75) is 19.5 Å². The molecule has 0 saturated heterocycles. The standard InChI is InChI=1S/C9H7F6NO2/c1-4-6(18-9(13,14)15)5(17-2)3-16-7(4)8(10,11)12/h3H,1-2H3. The second kappa shape index (κ2) is 4.54. The van der Waals surface area contributed by atoms with Crippen molar-refractivity contribution in [3.63, 3.8) is 0 Å². The molecule has 0 aliphatic rings. The largest absolute Gasteiger partial charge is 0.573 e. The molecule has 18 heavy (non-hydrogen) atoms. The lowest BCUT2D eigenvalue weighted by molar-refractivity contribution is -0.275. The van der Waals surface area contributed by atoms with E-state index in [1.165, 1.54) is 0 Å². The van der Waals surface area contributed by atoms with Crippen LogP contribution < -0.4 is 9.47 Å². The maximum absolute atomic E-state index is 12.5. The van der Waals surface area contributed by atoms with Crippen LogP contribution in [-0.2, 0) is 6.18 Å². The average molecular weight is 275 g/mol. The maximum atomic E-state index is 12.5. The molecule has 1 aromatic heterocycles. The molecule has 0 amide bonds. The molecule has 0 fully saturated rings. The summed E-state index contributed by atoms with van der Waals surface area (Å²) < 4.78 is 81.6. The lowest BCUT2D eigenvalue weighted by Gasteiger charge is -2.17. The molecule has 1 aromatic rings. The summed E-state index contributed by atoms with van der Waals surface area (Å²) in [7, 11) is 0.993. The minimum absolute atomic E-state index is 0.525. The summed E-state index contributed by atoms with van der Waals surface area (Å²) in [4.78, 5) is 3.01. The third-order valence-electron chi connectivity index (χ3n) is 1.94. The number of hydrogen-bond acceptors (Lipinski definition) is 3. The molecule has 0 aromatic carbocycles. The first-order chi connectivity index (χ1) is 8.06. The Bertz CT molecular complexity index is 440. The maximum Gasteiger partial charge on any atom is 0.573 e. The van der Waals surface area contributed by atoms with Gasteiger partial charge in [0.25, 0.3) is 0 Å². The van der Waals surface area contributed by atoms with Gasteiger partial charge in [-0.3, -0.25) is 0 Å². The number of nitrogens with zero attached hydrogens (tertiary/aromatic N) is 1. The Morgan fingerprint density at radius 3 is 2.06 bits per heavy atom. The zero-order valence-electron chi connectivity index (χ0n) is 9.11. The van der Waals surface area contributed by atoms with Gasteiger partial charge in [0.2, 0.25) is 0 Å². The molecule has 0 aliphatic heterocycles. The van der Waals surface area contributed by atoms with E-state index in [4.69, 9.17) is 0 Å². The Labute approximate surface area is 97.3 Å². The van der Waals surface area contributed by atoms with Crippen molar-refractivity contribution in [1.82, 2.24) is 4.98 Å². The van der Waals surface area contributed by atoms with Crippen LogP contribution in [0.1, 0.15) is 11.3 Å². The van der Waals surface area contributed by atoms with Crippen LogP contribution in [0.5, 0.6) is 11.5 Å². The van der Waals surface area contributed by atoms with Gasteiger partial charge in [-0.2, -0.15) is 13.2 Å². The predicted octanol–water partition coefficient (Wildman–Crippen LogP) is 3.32. The monoisotopic (exact) mass is 275 g/mol. The normalized spacial score (nSPS) is 12.4. The van der Waals surface area contributed by atoms with Gasteiger partial charge in [-0.25, -0.2) is 4.98 Å². The van der Waals surface area contributed by atoms with Gasteiger partial charge in [-0.15, -0.1) is 13.2 Å². The molecule has 0 radical (unpaired) electrons. The summed E-state index contributed by atoms with van der Waals surface area (Å²) in [5.41, 5.74) is -2.25. The van der Waals surface area contributed by atoms with E-state index in [1.807, 2.05) is 0 Å². The average Bonchev–Trinajstić information content (AvgIpc) is 2.17. The number of aromatic nitrogens is 1. The number of pyridine rings is 1. The van der Waals surface area contributed by atoms with Crippen molar-refractivity contribution >= 4 is 0 Å². The van der Waals surface area contributed by atoms with Gasteiger partial charge in [0.15, 0.2) is 17.2 Å². The molecule has 0 bridgehead atoms. The molecule has 0 spiro atoms. The Balaban J connectivity index is 3.37. The van der Waals surface area contributed by atoms with E-state index < -0.39 is 35.3 Å². The van der Waals surface area contributed by atoms with Crippen molar-refractivity contribution in [2.75, 3.05) is 7.11 Å². The smallest absolute Gasteiger partial charge is 0.491 e. The molecule has 1 rings (SSSR count). The van der Waals surface area contributed by atoms with Crippen LogP contribution in [0.2, 0.25) is 0 Å². The van der Waals surface area contributed by atoms with Crippen molar-refractivity contribution in [3.8, 4) is 11.5 Å².